The predicted octanol–water partition coefficient (Wildman–Crippen LogP) is 9.92. The van der Waals surface area contributed by atoms with Crippen LogP contribution < -0.4 is 24.8 Å². The van der Waals surface area contributed by atoms with Crippen LogP contribution >= 0.6 is 0 Å². The summed E-state index contributed by atoms with van der Waals surface area (Å²) >= 11 is 0. The van der Waals surface area contributed by atoms with E-state index in [0.29, 0.717) is 29.5 Å². The van der Waals surface area contributed by atoms with Gasteiger partial charge in [0, 0.05) is 54.8 Å². The Morgan fingerprint density at radius 1 is 0.695 bits per heavy atom. The molecule has 0 aliphatic carbocycles. The molecule has 0 atom stereocenters. The highest BCUT2D eigenvalue weighted by atomic mass is 16.6. The summed E-state index contributed by atoms with van der Waals surface area (Å²) in [6, 6.07) is 14.2. The Balaban J connectivity index is 1.07. The molecule has 0 saturated carbocycles. The van der Waals surface area contributed by atoms with Crippen molar-refractivity contribution in [3.05, 3.63) is 125 Å². The molecule has 0 aromatic heterocycles. The molecule has 0 fully saturated rings. The standard InChI is InChI=1S/C47H52N2O10/c1-4-5-6-7-8-9-10-11-12-13-14-15-16-17-18-19-20-21-44(52)48-28-29-55-46(54)49-35-22-25-39-38(30-35)45(53)59-47(39)40-26-23-36(56-33(2)50)31-42(40)58-43-32-37(57-34(3)51)24-27-41(43)47/h8-9,11-12,14-15,17-18,22-27,30-32H,4-7,10,13,16,19-21,28-29H2,1-3H3,(H,48,52)(H,49,54). The first-order valence-electron chi connectivity index (χ1n) is 20.1. The topological polar surface area (TPSA) is 156 Å². The fourth-order valence-corrected chi connectivity index (χ4v) is 6.74. The first kappa shape index (κ1) is 43.7. The number of benzene rings is 3. The van der Waals surface area contributed by atoms with Crippen molar-refractivity contribution >= 4 is 35.6 Å². The number of ether oxygens (including phenoxy) is 5. The zero-order chi connectivity index (χ0) is 42.0. The van der Waals surface area contributed by atoms with E-state index < -0.39 is 29.6 Å². The number of nitrogens with one attached hydrogen (secondary N) is 2. The molecule has 5 rings (SSSR count). The smallest absolute Gasteiger partial charge is 0.411 e. The number of carbonyl (C=O) groups excluding carboxylic acids is 5. The molecule has 59 heavy (non-hydrogen) atoms. The molecular formula is C47H52N2O10. The number of allylic oxidation sites excluding steroid dienone is 8. The highest BCUT2D eigenvalue weighted by Crippen LogP contribution is 2.57. The van der Waals surface area contributed by atoms with Crippen LogP contribution in [0.5, 0.6) is 23.0 Å². The maximum Gasteiger partial charge on any atom is 0.411 e. The van der Waals surface area contributed by atoms with E-state index in [0.717, 1.165) is 25.7 Å². The number of anilines is 1. The van der Waals surface area contributed by atoms with E-state index >= 15 is 0 Å². The van der Waals surface area contributed by atoms with Gasteiger partial charge in [0.1, 0.15) is 29.6 Å². The molecule has 2 heterocycles. The Labute approximate surface area is 345 Å². The zero-order valence-electron chi connectivity index (χ0n) is 33.9. The van der Waals surface area contributed by atoms with Crippen LogP contribution in [-0.4, -0.2) is 43.1 Å². The van der Waals surface area contributed by atoms with Gasteiger partial charge in [0.25, 0.3) is 0 Å². The normalized spacial score (nSPS) is 13.6. The molecule has 2 amide bonds. The van der Waals surface area contributed by atoms with Gasteiger partial charge < -0.3 is 29.0 Å². The van der Waals surface area contributed by atoms with Gasteiger partial charge in [-0.2, -0.15) is 0 Å². The zero-order valence-corrected chi connectivity index (χ0v) is 33.9. The Kier molecular flexibility index (Phi) is 16.2. The van der Waals surface area contributed by atoms with E-state index in [1.165, 1.54) is 57.7 Å². The quantitative estimate of drug-likeness (QED) is 0.0488. The van der Waals surface area contributed by atoms with Crippen molar-refractivity contribution < 1.29 is 47.7 Å². The first-order valence-corrected chi connectivity index (χ1v) is 20.1. The molecule has 3 aromatic carbocycles. The number of carbonyl (C=O) groups is 5. The van der Waals surface area contributed by atoms with Crippen LogP contribution in [0.3, 0.4) is 0 Å². The first-order chi connectivity index (χ1) is 28.6. The maximum absolute atomic E-state index is 13.5. The number of fused-ring (bicyclic) bond motifs is 6. The summed E-state index contributed by atoms with van der Waals surface area (Å²) in [5.41, 5.74) is 0.390. The molecule has 12 heteroatoms. The second kappa shape index (κ2) is 21.9. The van der Waals surface area contributed by atoms with Gasteiger partial charge in [-0.25, -0.2) is 9.59 Å². The summed E-state index contributed by atoms with van der Waals surface area (Å²) in [6.45, 7) is 4.86. The molecule has 2 aliphatic heterocycles. The lowest BCUT2D eigenvalue weighted by molar-refractivity contribution is -0.132. The van der Waals surface area contributed by atoms with Crippen LogP contribution in [0.2, 0.25) is 0 Å². The van der Waals surface area contributed by atoms with Crippen LogP contribution in [0.25, 0.3) is 0 Å². The van der Waals surface area contributed by atoms with Gasteiger partial charge in [-0.3, -0.25) is 19.7 Å². The van der Waals surface area contributed by atoms with E-state index in [1.807, 2.05) is 0 Å². The molecule has 3 aromatic rings. The van der Waals surface area contributed by atoms with Crippen molar-refractivity contribution in [2.24, 2.45) is 0 Å². The van der Waals surface area contributed by atoms with E-state index in [4.69, 9.17) is 23.7 Å². The number of hydrogen-bond acceptors (Lipinski definition) is 10. The molecule has 0 unspecified atom stereocenters. The molecular weight excluding hydrogens is 753 g/mol. The fourth-order valence-electron chi connectivity index (χ4n) is 6.74. The second-order valence-corrected chi connectivity index (χ2v) is 14.0. The summed E-state index contributed by atoms with van der Waals surface area (Å²) in [6.07, 6.45) is 26.2. The van der Waals surface area contributed by atoms with Crippen molar-refractivity contribution in [2.75, 3.05) is 18.5 Å². The Morgan fingerprint density at radius 2 is 1.25 bits per heavy atom. The number of hydrogen-bond donors (Lipinski definition) is 2. The summed E-state index contributed by atoms with van der Waals surface area (Å²) in [7, 11) is 0. The fraction of sp³-hybridized carbons (Fsp3) is 0.340. The molecule has 2 aliphatic rings. The lowest BCUT2D eigenvalue weighted by atomic mass is 9.77. The number of amides is 2. The minimum atomic E-state index is -1.48. The van der Waals surface area contributed by atoms with Crippen LogP contribution in [-0.2, 0) is 29.5 Å². The highest BCUT2D eigenvalue weighted by Gasteiger charge is 2.53. The highest BCUT2D eigenvalue weighted by molar-refractivity contribution is 5.99. The second-order valence-electron chi connectivity index (χ2n) is 14.0. The van der Waals surface area contributed by atoms with Gasteiger partial charge >= 0.3 is 24.0 Å². The molecule has 0 radical (unpaired) electrons. The maximum atomic E-state index is 13.5. The lowest BCUT2D eigenvalue weighted by Crippen LogP contribution is -2.33. The van der Waals surface area contributed by atoms with Crippen LogP contribution in [0.4, 0.5) is 10.5 Å². The molecule has 2 N–H and O–H groups in total. The minimum Gasteiger partial charge on any atom is -0.456 e. The Hall–Kier alpha value is -6.43. The van der Waals surface area contributed by atoms with Crippen LogP contribution in [0, 0.1) is 0 Å². The number of rotatable bonds is 20. The molecule has 310 valence electrons. The van der Waals surface area contributed by atoms with E-state index in [2.05, 4.69) is 66.2 Å². The van der Waals surface area contributed by atoms with E-state index in [9.17, 15) is 24.0 Å². The summed E-state index contributed by atoms with van der Waals surface area (Å²) in [4.78, 5) is 61.8. The van der Waals surface area contributed by atoms with Gasteiger partial charge in [-0.1, -0.05) is 74.4 Å². The van der Waals surface area contributed by atoms with Gasteiger partial charge in [0.2, 0.25) is 5.91 Å². The van der Waals surface area contributed by atoms with Gasteiger partial charge in [0.15, 0.2) is 5.60 Å². The number of esters is 3. The van der Waals surface area contributed by atoms with Crippen molar-refractivity contribution in [3.63, 3.8) is 0 Å². The van der Waals surface area contributed by atoms with Crippen molar-refractivity contribution in [1.29, 1.82) is 0 Å². The van der Waals surface area contributed by atoms with Gasteiger partial charge in [0.05, 0.1) is 12.1 Å². The average Bonchev–Trinajstić information content (AvgIpc) is 3.48. The minimum absolute atomic E-state index is 0.0525. The van der Waals surface area contributed by atoms with Crippen molar-refractivity contribution in [1.82, 2.24) is 5.32 Å². The third-order valence-electron chi connectivity index (χ3n) is 9.41. The van der Waals surface area contributed by atoms with Crippen molar-refractivity contribution in [3.8, 4) is 23.0 Å². The SMILES string of the molecule is CCCCCC=CCC=CCC=CCC=CCCCC(=O)NCCOC(=O)Nc1ccc2c(c1)C(=O)OC21c2ccc(OC(C)=O)cc2Oc2cc(OC(C)=O)ccc21. The largest absolute Gasteiger partial charge is 0.456 e. The van der Waals surface area contributed by atoms with Gasteiger partial charge in [-0.15, -0.1) is 0 Å². The Bertz CT molecular complexity index is 2050. The summed E-state index contributed by atoms with van der Waals surface area (Å²) in [5, 5.41) is 5.39. The van der Waals surface area contributed by atoms with Crippen LogP contribution in [0.15, 0.2) is 103 Å². The molecule has 0 saturated heterocycles. The predicted molar refractivity (Wildman–Crippen MR) is 224 cm³/mol. The van der Waals surface area contributed by atoms with Crippen molar-refractivity contribution in [2.45, 2.75) is 90.6 Å². The summed E-state index contributed by atoms with van der Waals surface area (Å²) in [5.74, 6) is -0.913. The number of unbranched alkanes of at least 4 members (excludes halogenated alkanes) is 4. The van der Waals surface area contributed by atoms with Crippen LogP contribution in [0.1, 0.15) is 112 Å². The Morgan fingerprint density at radius 3 is 1.83 bits per heavy atom. The van der Waals surface area contributed by atoms with E-state index in [1.54, 1.807) is 36.4 Å². The van der Waals surface area contributed by atoms with E-state index in [-0.39, 0.29) is 53.3 Å². The van der Waals surface area contributed by atoms with Gasteiger partial charge in [-0.05, 0) is 81.3 Å². The average molecular weight is 805 g/mol. The third kappa shape index (κ3) is 12.3. The molecule has 0 bridgehead atoms. The summed E-state index contributed by atoms with van der Waals surface area (Å²) < 4.78 is 28.2. The third-order valence-corrected chi connectivity index (χ3v) is 9.41. The lowest BCUT2D eigenvalue weighted by Gasteiger charge is -2.36. The monoisotopic (exact) mass is 804 g/mol. The molecule has 12 nitrogen and oxygen atoms in total. The molecule has 1 spiro atoms.